The van der Waals surface area contributed by atoms with E-state index in [9.17, 15) is 0 Å². The molecule has 1 atom stereocenters. The lowest BCUT2D eigenvalue weighted by molar-refractivity contribution is 0.158. The molecule has 0 spiro atoms. The van der Waals surface area contributed by atoms with Crippen LogP contribution >= 0.6 is 11.3 Å². The van der Waals surface area contributed by atoms with Crippen molar-refractivity contribution in [2.75, 3.05) is 19.6 Å². The summed E-state index contributed by atoms with van der Waals surface area (Å²) >= 11 is 1.87. The van der Waals surface area contributed by atoms with Crippen LogP contribution in [0.3, 0.4) is 0 Å². The van der Waals surface area contributed by atoms with Gasteiger partial charge in [-0.2, -0.15) is 0 Å². The number of likely N-dealkylation sites (tertiary alicyclic amines) is 1. The van der Waals surface area contributed by atoms with E-state index in [2.05, 4.69) is 29.0 Å². The summed E-state index contributed by atoms with van der Waals surface area (Å²) in [5.41, 5.74) is 1.24. The molecule has 4 heteroatoms. The summed E-state index contributed by atoms with van der Waals surface area (Å²) in [7, 11) is 0. The Morgan fingerprint density at radius 3 is 2.63 bits per heavy atom. The van der Waals surface area contributed by atoms with Gasteiger partial charge in [0.25, 0.3) is 0 Å². The fraction of sp³-hybridized carbons (Fsp3) is 0.800. The van der Waals surface area contributed by atoms with Gasteiger partial charge in [0.2, 0.25) is 0 Å². The molecule has 0 radical (unpaired) electrons. The van der Waals surface area contributed by atoms with Crippen molar-refractivity contribution < 1.29 is 0 Å². The number of nitrogens with one attached hydrogen (secondary N) is 1. The van der Waals surface area contributed by atoms with Gasteiger partial charge >= 0.3 is 0 Å². The molecule has 2 fully saturated rings. The first kappa shape index (κ1) is 13.5. The van der Waals surface area contributed by atoms with E-state index in [4.69, 9.17) is 0 Å². The Kier molecular flexibility index (Phi) is 4.20. The lowest BCUT2D eigenvalue weighted by Crippen LogP contribution is -2.40. The number of aromatic nitrogens is 1. The third kappa shape index (κ3) is 3.18. The van der Waals surface area contributed by atoms with Crippen LogP contribution in [0.15, 0.2) is 0 Å². The van der Waals surface area contributed by atoms with Crippen molar-refractivity contribution in [1.82, 2.24) is 15.2 Å². The molecule has 1 N–H and O–H groups in total. The molecule has 2 saturated heterocycles. The van der Waals surface area contributed by atoms with Crippen molar-refractivity contribution in [3.05, 3.63) is 15.6 Å². The van der Waals surface area contributed by atoms with E-state index in [1.54, 1.807) is 0 Å². The minimum Gasteiger partial charge on any atom is -0.314 e. The molecule has 1 aromatic rings. The zero-order valence-electron chi connectivity index (χ0n) is 12.1. The number of hydrogen-bond acceptors (Lipinski definition) is 4. The van der Waals surface area contributed by atoms with Crippen LogP contribution in [-0.2, 0) is 6.54 Å². The van der Waals surface area contributed by atoms with Crippen LogP contribution in [0.25, 0.3) is 0 Å². The molecule has 19 heavy (non-hydrogen) atoms. The van der Waals surface area contributed by atoms with Crippen molar-refractivity contribution in [3.63, 3.8) is 0 Å². The van der Waals surface area contributed by atoms with Crippen molar-refractivity contribution in [3.8, 4) is 0 Å². The van der Waals surface area contributed by atoms with Crippen LogP contribution < -0.4 is 5.32 Å². The van der Waals surface area contributed by atoms with Gasteiger partial charge in [0.15, 0.2) is 0 Å². The molecule has 106 valence electrons. The Labute approximate surface area is 120 Å². The zero-order chi connectivity index (χ0) is 13.2. The molecule has 1 aromatic heterocycles. The summed E-state index contributed by atoms with van der Waals surface area (Å²) in [6.45, 7) is 9.14. The molecular weight excluding hydrogens is 254 g/mol. The van der Waals surface area contributed by atoms with Crippen molar-refractivity contribution in [1.29, 1.82) is 0 Å². The number of hydrogen-bond donors (Lipinski definition) is 1. The molecule has 0 aromatic carbocycles. The monoisotopic (exact) mass is 279 g/mol. The van der Waals surface area contributed by atoms with E-state index in [0.717, 1.165) is 18.5 Å². The molecule has 1 unspecified atom stereocenters. The van der Waals surface area contributed by atoms with Gasteiger partial charge in [0, 0.05) is 17.5 Å². The Balaban J connectivity index is 1.51. The lowest BCUT2D eigenvalue weighted by Gasteiger charge is -2.34. The summed E-state index contributed by atoms with van der Waals surface area (Å²) < 4.78 is 0. The van der Waals surface area contributed by atoms with Crippen LogP contribution in [0.1, 0.15) is 41.3 Å². The quantitative estimate of drug-likeness (QED) is 0.922. The van der Waals surface area contributed by atoms with Crippen molar-refractivity contribution in [2.24, 2.45) is 5.92 Å². The standard InChI is InChI=1S/C15H25N3S/c1-11-15(19-12(2)17-11)10-18-8-5-13(6-9-18)14-4-3-7-16-14/h13-14,16H,3-10H2,1-2H3. The highest BCUT2D eigenvalue weighted by molar-refractivity contribution is 7.11. The normalized spacial score (nSPS) is 26.1. The zero-order valence-corrected chi connectivity index (χ0v) is 12.9. The molecule has 3 rings (SSSR count). The first-order chi connectivity index (χ1) is 9.22. The second kappa shape index (κ2) is 5.90. The maximum absolute atomic E-state index is 4.54. The van der Waals surface area contributed by atoms with Gasteiger partial charge in [0.1, 0.15) is 0 Å². The van der Waals surface area contributed by atoms with Crippen LogP contribution in [0.4, 0.5) is 0 Å². The number of thiazole rings is 1. The molecule has 0 saturated carbocycles. The second-order valence-corrected chi connectivity index (χ2v) is 7.35. The van der Waals surface area contributed by atoms with Crippen molar-refractivity contribution in [2.45, 2.75) is 52.1 Å². The smallest absolute Gasteiger partial charge is 0.0900 e. The van der Waals surface area contributed by atoms with Crippen LogP contribution in [-0.4, -0.2) is 35.6 Å². The number of piperidine rings is 1. The van der Waals surface area contributed by atoms with E-state index < -0.39 is 0 Å². The Morgan fingerprint density at radius 2 is 2.05 bits per heavy atom. The molecule has 2 aliphatic rings. The number of nitrogens with zero attached hydrogens (tertiary/aromatic N) is 2. The predicted octanol–water partition coefficient (Wildman–Crippen LogP) is 2.72. The van der Waals surface area contributed by atoms with Gasteiger partial charge in [-0.25, -0.2) is 4.98 Å². The number of rotatable bonds is 3. The third-order valence-electron chi connectivity index (χ3n) is 4.67. The average molecular weight is 279 g/mol. The largest absolute Gasteiger partial charge is 0.314 e. The van der Waals surface area contributed by atoms with Gasteiger partial charge in [-0.1, -0.05) is 0 Å². The fourth-order valence-corrected chi connectivity index (χ4v) is 4.53. The van der Waals surface area contributed by atoms with Gasteiger partial charge in [-0.15, -0.1) is 11.3 Å². The van der Waals surface area contributed by atoms with Crippen LogP contribution in [0.5, 0.6) is 0 Å². The molecule has 0 aliphatic carbocycles. The highest BCUT2D eigenvalue weighted by Gasteiger charge is 2.28. The van der Waals surface area contributed by atoms with Gasteiger partial charge < -0.3 is 5.32 Å². The minimum atomic E-state index is 0.814. The van der Waals surface area contributed by atoms with E-state index in [1.165, 1.54) is 60.9 Å². The van der Waals surface area contributed by atoms with Crippen molar-refractivity contribution >= 4 is 11.3 Å². The van der Waals surface area contributed by atoms with E-state index in [0.29, 0.717) is 0 Å². The highest BCUT2D eigenvalue weighted by Crippen LogP contribution is 2.27. The Hall–Kier alpha value is -0.450. The summed E-state index contributed by atoms with van der Waals surface area (Å²) in [5, 5.41) is 4.88. The second-order valence-electron chi connectivity index (χ2n) is 6.06. The summed E-state index contributed by atoms with van der Waals surface area (Å²) in [6, 6.07) is 0.814. The number of aryl methyl sites for hydroxylation is 2. The van der Waals surface area contributed by atoms with Gasteiger partial charge in [-0.3, -0.25) is 4.90 Å². The minimum absolute atomic E-state index is 0.814. The Bertz CT molecular complexity index is 415. The van der Waals surface area contributed by atoms with Crippen LogP contribution in [0.2, 0.25) is 0 Å². The molecule has 2 aliphatic heterocycles. The first-order valence-electron chi connectivity index (χ1n) is 7.61. The lowest BCUT2D eigenvalue weighted by atomic mass is 9.88. The van der Waals surface area contributed by atoms with E-state index in [1.807, 2.05) is 11.3 Å². The third-order valence-corrected chi connectivity index (χ3v) is 5.72. The molecule has 0 amide bonds. The highest BCUT2D eigenvalue weighted by atomic mass is 32.1. The molecule has 3 nitrogen and oxygen atoms in total. The Morgan fingerprint density at radius 1 is 1.26 bits per heavy atom. The summed E-state index contributed by atoms with van der Waals surface area (Å²) in [5.74, 6) is 0.919. The predicted molar refractivity (Wildman–Crippen MR) is 80.6 cm³/mol. The molecule has 3 heterocycles. The maximum atomic E-state index is 4.54. The summed E-state index contributed by atoms with van der Waals surface area (Å²) in [6.07, 6.45) is 5.52. The average Bonchev–Trinajstić information content (AvgIpc) is 3.01. The van der Waals surface area contributed by atoms with Gasteiger partial charge in [0.05, 0.1) is 10.7 Å². The SMILES string of the molecule is Cc1nc(C)c(CN2CCC(C3CCCN3)CC2)s1. The first-order valence-corrected chi connectivity index (χ1v) is 8.42. The van der Waals surface area contributed by atoms with E-state index in [-0.39, 0.29) is 0 Å². The topological polar surface area (TPSA) is 28.2 Å². The fourth-order valence-electron chi connectivity index (χ4n) is 3.55. The summed E-state index contributed by atoms with van der Waals surface area (Å²) in [4.78, 5) is 8.62. The van der Waals surface area contributed by atoms with Gasteiger partial charge in [-0.05, 0) is 65.1 Å². The molecule has 0 bridgehead atoms. The van der Waals surface area contributed by atoms with Crippen LogP contribution in [0, 0.1) is 19.8 Å². The van der Waals surface area contributed by atoms with E-state index >= 15 is 0 Å². The maximum Gasteiger partial charge on any atom is 0.0900 e. The molecular formula is C15H25N3S.